The molecule has 1 aliphatic carbocycles. The predicted molar refractivity (Wildman–Crippen MR) is 118 cm³/mol. The quantitative estimate of drug-likeness (QED) is 0.620. The average Bonchev–Trinajstić information content (AvgIpc) is 3.34. The molecule has 1 N–H and O–H groups in total. The van der Waals surface area contributed by atoms with Crippen molar-refractivity contribution in [2.24, 2.45) is 4.99 Å². The number of aromatic nitrogens is 1. The Balaban J connectivity index is 1.61. The third kappa shape index (κ3) is 3.65. The maximum Gasteiger partial charge on any atom is 0.264 e. The van der Waals surface area contributed by atoms with Gasteiger partial charge in [0.2, 0.25) is 0 Å². The highest BCUT2D eigenvalue weighted by atomic mass is 35.5. The van der Waals surface area contributed by atoms with Crippen molar-refractivity contribution in [3.05, 3.63) is 56.7 Å². The first-order chi connectivity index (χ1) is 13.4. The van der Waals surface area contributed by atoms with Gasteiger partial charge in [-0.3, -0.25) is 4.79 Å². The van der Waals surface area contributed by atoms with Gasteiger partial charge in [-0.2, -0.15) is 0 Å². The SMILES string of the molecule is Cc1c(Cl)cccc1N=C1NC(=O)/C(=C/c2cc(C)n(C3CCCC3)c2C)S1. The molecule has 2 heterocycles. The van der Waals surface area contributed by atoms with Crippen molar-refractivity contribution < 1.29 is 4.79 Å². The molecule has 1 amide bonds. The Bertz CT molecular complexity index is 999. The number of aryl methyl sites for hydroxylation is 1. The molecule has 0 bridgehead atoms. The fourth-order valence-corrected chi connectivity index (χ4v) is 5.12. The molecule has 2 aliphatic rings. The summed E-state index contributed by atoms with van der Waals surface area (Å²) in [5, 5.41) is 4.13. The van der Waals surface area contributed by atoms with Gasteiger partial charge in [0.25, 0.3) is 5.91 Å². The van der Waals surface area contributed by atoms with Crippen molar-refractivity contribution in [3.63, 3.8) is 0 Å². The first kappa shape index (κ1) is 19.3. The summed E-state index contributed by atoms with van der Waals surface area (Å²) in [6, 6.07) is 8.39. The lowest BCUT2D eigenvalue weighted by Crippen LogP contribution is -2.19. The van der Waals surface area contributed by atoms with Gasteiger partial charge in [-0.25, -0.2) is 4.99 Å². The van der Waals surface area contributed by atoms with Gasteiger partial charge >= 0.3 is 0 Å². The maximum absolute atomic E-state index is 12.5. The van der Waals surface area contributed by atoms with Crippen molar-refractivity contribution in [1.82, 2.24) is 9.88 Å². The van der Waals surface area contributed by atoms with Gasteiger partial charge in [0, 0.05) is 22.5 Å². The molecular formula is C22H24ClN3OS. The zero-order chi connectivity index (χ0) is 19.8. The van der Waals surface area contributed by atoms with E-state index in [2.05, 4.69) is 34.8 Å². The van der Waals surface area contributed by atoms with Crippen molar-refractivity contribution in [2.75, 3.05) is 0 Å². The van der Waals surface area contributed by atoms with Crippen LogP contribution < -0.4 is 5.32 Å². The summed E-state index contributed by atoms with van der Waals surface area (Å²) in [4.78, 5) is 17.7. The molecule has 1 saturated heterocycles. The van der Waals surface area contributed by atoms with Crippen molar-refractivity contribution in [2.45, 2.75) is 52.5 Å². The minimum absolute atomic E-state index is 0.103. The molecule has 0 radical (unpaired) electrons. The molecule has 0 unspecified atom stereocenters. The number of hydrogen-bond donors (Lipinski definition) is 1. The third-order valence-corrected chi connectivity index (χ3v) is 6.93. The first-order valence-corrected chi connectivity index (χ1v) is 10.9. The Morgan fingerprint density at radius 3 is 2.75 bits per heavy atom. The molecule has 2 aromatic rings. The topological polar surface area (TPSA) is 46.4 Å². The van der Waals surface area contributed by atoms with E-state index in [0.717, 1.165) is 16.8 Å². The van der Waals surface area contributed by atoms with Crippen molar-refractivity contribution >= 4 is 46.2 Å². The van der Waals surface area contributed by atoms with Gasteiger partial charge in [0.15, 0.2) is 5.17 Å². The number of benzene rings is 1. The lowest BCUT2D eigenvalue weighted by Gasteiger charge is -2.17. The lowest BCUT2D eigenvalue weighted by molar-refractivity contribution is -0.115. The van der Waals surface area contributed by atoms with Crippen LogP contribution in [0.5, 0.6) is 0 Å². The van der Waals surface area contributed by atoms with E-state index in [9.17, 15) is 4.79 Å². The van der Waals surface area contributed by atoms with Gasteiger partial charge in [0.05, 0.1) is 10.6 Å². The monoisotopic (exact) mass is 413 g/mol. The van der Waals surface area contributed by atoms with Crippen LogP contribution in [0, 0.1) is 20.8 Å². The molecule has 2 fully saturated rings. The second-order valence-corrected chi connectivity index (χ2v) is 8.94. The van der Waals surface area contributed by atoms with Crippen LogP contribution in [-0.4, -0.2) is 15.6 Å². The number of carbonyl (C=O) groups is 1. The van der Waals surface area contributed by atoms with Gasteiger partial charge in [0.1, 0.15) is 0 Å². The van der Waals surface area contributed by atoms with Gasteiger partial charge in [-0.15, -0.1) is 0 Å². The van der Waals surface area contributed by atoms with E-state index in [0.29, 0.717) is 21.1 Å². The van der Waals surface area contributed by atoms with Gasteiger partial charge < -0.3 is 9.88 Å². The molecule has 4 rings (SSSR count). The third-order valence-electron chi connectivity index (χ3n) is 5.61. The minimum Gasteiger partial charge on any atom is -0.346 e. The fraction of sp³-hybridized carbons (Fsp3) is 0.364. The standard InChI is InChI=1S/C22H24ClN3OS/c1-13-11-16(15(3)26(13)17-7-4-5-8-17)12-20-21(27)25-22(28-20)24-19-10-6-9-18(23)14(19)2/h6,9-12,17H,4-5,7-8H2,1-3H3,(H,24,25,27)/b20-12-. The van der Waals surface area contributed by atoms with E-state index < -0.39 is 0 Å². The van der Waals surface area contributed by atoms with Crippen LogP contribution in [0.3, 0.4) is 0 Å². The highest BCUT2D eigenvalue weighted by molar-refractivity contribution is 8.18. The molecule has 1 aromatic carbocycles. The highest BCUT2D eigenvalue weighted by Crippen LogP contribution is 2.35. The Labute approximate surface area is 175 Å². The highest BCUT2D eigenvalue weighted by Gasteiger charge is 2.26. The molecule has 0 spiro atoms. The summed E-state index contributed by atoms with van der Waals surface area (Å²) >= 11 is 7.55. The van der Waals surface area contributed by atoms with E-state index in [-0.39, 0.29) is 5.91 Å². The molecule has 1 aromatic heterocycles. The van der Waals surface area contributed by atoms with Gasteiger partial charge in [-0.1, -0.05) is 30.5 Å². The fourth-order valence-electron chi connectivity index (χ4n) is 4.12. The second-order valence-electron chi connectivity index (χ2n) is 7.50. The number of hydrogen-bond acceptors (Lipinski definition) is 3. The lowest BCUT2D eigenvalue weighted by atomic mass is 10.2. The summed E-state index contributed by atoms with van der Waals surface area (Å²) in [5.41, 5.74) is 5.30. The van der Waals surface area contributed by atoms with Crippen LogP contribution in [0.15, 0.2) is 34.2 Å². The molecule has 1 aliphatic heterocycles. The predicted octanol–water partition coefficient (Wildman–Crippen LogP) is 6.07. The summed E-state index contributed by atoms with van der Waals surface area (Å²) in [6.07, 6.45) is 7.09. The number of carbonyl (C=O) groups excluding carboxylic acids is 1. The van der Waals surface area contributed by atoms with E-state index >= 15 is 0 Å². The van der Waals surface area contributed by atoms with Crippen LogP contribution in [0.4, 0.5) is 5.69 Å². The van der Waals surface area contributed by atoms with Gasteiger partial charge in [-0.05, 0) is 80.8 Å². The molecular weight excluding hydrogens is 390 g/mol. The maximum atomic E-state index is 12.5. The zero-order valence-electron chi connectivity index (χ0n) is 16.4. The summed E-state index contributed by atoms with van der Waals surface area (Å²) in [5.74, 6) is -0.103. The van der Waals surface area contributed by atoms with Crippen molar-refractivity contribution in [3.8, 4) is 0 Å². The summed E-state index contributed by atoms with van der Waals surface area (Å²) < 4.78 is 2.45. The zero-order valence-corrected chi connectivity index (χ0v) is 18.0. The Morgan fingerprint density at radius 2 is 2.00 bits per heavy atom. The number of nitrogens with one attached hydrogen (secondary N) is 1. The summed E-state index contributed by atoms with van der Waals surface area (Å²) in [6.45, 7) is 6.24. The Morgan fingerprint density at radius 1 is 1.25 bits per heavy atom. The number of rotatable bonds is 3. The number of halogens is 1. The summed E-state index contributed by atoms with van der Waals surface area (Å²) in [7, 11) is 0. The Hall–Kier alpha value is -1.98. The minimum atomic E-state index is -0.103. The molecule has 4 nitrogen and oxygen atoms in total. The normalized spacial score (nSPS) is 20.5. The van der Waals surface area contributed by atoms with E-state index in [1.807, 2.05) is 31.2 Å². The first-order valence-electron chi connectivity index (χ1n) is 9.67. The number of aliphatic imine (C=N–C) groups is 1. The van der Waals surface area contributed by atoms with Crippen LogP contribution in [0.1, 0.15) is 54.2 Å². The van der Waals surface area contributed by atoms with E-state index in [1.165, 1.54) is 48.8 Å². The molecule has 6 heteroatoms. The second kappa shape index (κ2) is 7.80. The number of thioether (sulfide) groups is 1. The number of amides is 1. The largest absolute Gasteiger partial charge is 0.346 e. The van der Waals surface area contributed by atoms with E-state index in [4.69, 9.17) is 11.6 Å². The molecule has 1 saturated carbocycles. The average molecular weight is 414 g/mol. The van der Waals surface area contributed by atoms with Crippen LogP contribution in [0.2, 0.25) is 5.02 Å². The molecule has 0 atom stereocenters. The number of nitrogens with zero attached hydrogens (tertiary/aromatic N) is 2. The molecule has 146 valence electrons. The number of amidine groups is 1. The van der Waals surface area contributed by atoms with Crippen molar-refractivity contribution in [1.29, 1.82) is 0 Å². The smallest absolute Gasteiger partial charge is 0.264 e. The van der Waals surface area contributed by atoms with E-state index in [1.54, 1.807) is 0 Å². The molecule has 28 heavy (non-hydrogen) atoms. The van der Waals surface area contributed by atoms with Crippen LogP contribution in [0.25, 0.3) is 6.08 Å². The Kier molecular flexibility index (Phi) is 5.39. The van der Waals surface area contributed by atoms with Crippen LogP contribution >= 0.6 is 23.4 Å². The van der Waals surface area contributed by atoms with Crippen LogP contribution in [-0.2, 0) is 4.79 Å².